The molecule has 0 fully saturated rings. The van der Waals surface area contributed by atoms with Crippen LogP contribution in [0.4, 0.5) is 0 Å². The van der Waals surface area contributed by atoms with Crippen LogP contribution in [0, 0.1) is 5.41 Å². The standard InChI is InChI=1S/C17H29N3O/c1-16(2,3)12-17(4,5)19-11-14(15(18)20-21)13-9-7-6-8-10-13/h6-10,14,19,21H,11-12H2,1-5H3,(H2,18,20). The number of rotatable bonds is 6. The summed E-state index contributed by atoms with van der Waals surface area (Å²) in [6.45, 7) is 11.7. The molecule has 0 heterocycles. The highest BCUT2D eigenvalue weighted by Gasteiger charge is 2.27. The Labute approximate surface area is 128 Å². The van der Waals surface area contributed by atoms with Gasteiger partial charge in [0.05, 0.1) is 5.92 Å². The van der Waals surface area contributed by atoms with E-state index in [4.69, 9.17) is 10.9 Å². The van der Waals surface area contributed by atoms with Crippen LogP contribution in [-0.4, -0.2) is 23.1 Å². The molecule has 4 heteroatoms. The van der Waals surface area contributed by atoms with Crippen LogP contribution < -0.4 is 11.1 Å². The molecule has 0 aliphatic rings. The van der Waals surface area contributed by atoms with Crippen molar-refractivity contribution in [1.82, 2.24) is 5.32 Å². The minimum absolute atomic E-state index is 0.0129. The Balaban J connectivity index is 2.80. The Morgan fingerprint density at radius 1 is 1.19 bits per heavy atom. The zero-order valence-corrected chi connectivity index (χ0v) is 13.9. The van der Waals surface area contributed by atoms with Crippen molar-refractivity contribution in [2.45, 2.75) is 52.5 Å². The predicted molar refractivity (Wildman–Crippen MR) is 88.7 cm³/mol. The zero-order chi connectivity index (χ0) is 16.1. The molecule has 0 spiro atoms. The predicted octanol–water partition coefficient (Wildman–Crippen LogP) is 3.32. The van der Waals surface area contributed by atoms with E-state index in [0.717, 1.165) is 12.0 Å². The molecule has 4 N–H and O–H groups in total. The van der Waals surface area contributed by atoms with Gasteiger partial charge in [-0.2, -0.15) is 0 Å². The largest absolute Gasteiger partial charge is 0.409 e. The first-order chi connectivity index (χ1) is 9.64. The average molecular weight is 291 g/mol. The molecule has 0 saturated heterocycles. The molecular formula is C17H29N3O. The maximum Gasteiger partial charge on any atom is 0.147 e. The summed E-state index contributed by atoms with van der Waals surface area (Å²) >= 11 is 0. The monoisotopic (exact) mass is 291 g/mol. The summed E-state index contributed by atoms with van der Waals surface area (Å²) in [4.78, 5) is 0. The Morgan fingerprint density at radius 3 is 2.24 bits per heavy atom. The number of hydrogen-bond acceptors (Lipinski definition) is 3. The van der Waals surface area contributed by atoms with E-state index in [2.05, 4.69) is 45.1 Å². The van der Waals surface area contributed by atoms with Crippen molar-refractivity contribution >= 4 is 5.84 Å². The summed E-state index contributed by atoms with van der Waals surface area (Å²) < 4.78 is 0. The average Bonchev–Trinajstić information content (AvgIpc) is 2.37. The van der Waals surface area contributed by atoms with Crippen molar-refractivity contribution in [2.24, 2.45) is 16.3 Å². The molecule has 0 aliphatic carbocycles. The quantitative estimate of drug-likeness (QED) is 0.326. The van der Waals surface area contributed by atoms with Gasteiger partial charge in [-0.15, -0.1) is 0 Å². The van der Waals surface area contributed by atoms with Crippen LogP contribution in [0.5, 0.6) is 0 Å². The molecule has 0 amide bonds. The number of hydrogen-bond donors (Lipinski definition) is 3. The minimum Gasteiger partial charge on any atom is -0.409 e. The Morgan fingerprint density at radius 2 is 1.76 bits per heavy atom. The van der Waals surface area contributed by atoms with Gasteiger partial charge in [-0.1, -0.05) is 56.3 Å². The van der Waals surface area contributed by atoms with Crippen molar-refractivity contribution in [3.8, 4) is 0 Å². The lowest BCUT2D eigenvalue weighted by molar-refractivity contribution is 0.241. The van der Waals surface area contributed by atoms with Crippen LogP contribution in [0.15, 0.2) is 35.5 Å². The molecule has 4 nitrogen and oxygen atoms in total. The molecule has 0 aromatic heterocycles. The third-order valence-electron chi connectivity index (χ3n) is 3.43. The van der Waals surface area contributed by atoms with Crippen molar-refractivity contribution in [3.05, 3.63) is 35.9 Å². The highest BCUT2D eigenvalue weighted by atomic mass is 16.4. The first-order valence-corrected chi connectivity index (χ1v) is 7.42. The van der Waals surface area contributed by atoms with Crippen LogP contribution >= 0.6 is 0 Å². The highest BCUT2D eigenvalue weighted by Crippen LogP contribution is 2.27. The molecule has 1 atom stereocenters. The second kappa shape index (κ2) is 6.94. The van der Waals surface area contributed by atoms with Gasteiger partial charge in [0.2, 0.25) is 0 Å². The molecule has 1 unspecified atom stereocenters. The molecule has 21 heavy (non-hydrogen) atoms. The molecule has 0 radical (unpaired) electrons. The summed E-state index contributed by atoms with van der Waals surface area (Å²) in [5, 5.41) is 15.8. The third-order valence-corrected chi connectivity index (χ3v) is 3.43. The van der Waals surface area contributed by atoms with Gasteiger partial charge in [-0.3, -0.25) is 0 Å². The third kappa shape index (κ3) is 6.17. The summed E-state index contributed by atoms with van der Waals surface area (Å²) in [7, 11) is 0. The lowest BCUT2D eigenvalue weighted by Gasteiger charge is -2.34. The van der Waals surface area contributed by atoms with Crippen molar-refractivity contribution in [3.63, 3.8) is 0 Å². The SMILES string of the molecule is CC(C)(C)CC(C)(C)NCC(C(N)=NO)c1ccccc1. The molecular weight excluding hydrogens is 262 g/mol. The smallest absolute Gasteiger partial charge is 0.147 e. The van der Waals surface area contributed by atoms with Crippen LogP contribution in [0.3, 0.4) is 0 Å². The van der Waals surface area contributed by atoms with Crippen LogP contribution in [0.1, 0.15) is 52.5 Å². The molecule has 118 valence electrons. The number of oxime groups is 1. The lowest BCUT2D eigenvalue weighted by atomic mass is 9.81. The lowest BCUT2D eigenvalue weighted by Crippen LogP contribution is -2.45. The number of nitrogens with zero attached hydrogens (tertiary/aromatic N) is 1. The van der Waals surface area contributed by atoms with Gasteiger partial charge in [-0.25, -0.2) is 0 Å². The van der Waals surface area contributed by atoms with Crippen LogP contribution in [0.25, 0.3) is 0 Å². The second-order valence-electron chi connectivity index (χ2n) is 7.49. The summed E-state index contributed by atoms with van der Waals surface area (Å²) in [5.74, 6) is 0.107. The van der Waals surface area contributed by atoms with E-state index < -0.39 is 0 Å². The van der Waals surface area contributed by atoms with Crippen LogP contribution in [0.2, 0.25) is 0 Å². The fourth-order valence-electron chi connectivity index (χ4n) is 2.91. The van der Waals surface area contributed by atoms with E-state index in [0.29, 0.717) is 6.54 Å². The van der Waals surface area contributed by atoms with E-state index in [1.54, 1.807) is 0 Å². The summed E-state index contributed by atoms with van der Waals surface area (Å²) in [5.41, 5.74) is 7.15. The Kier molecular flexibility index (Phi) is 5.78. The van der Waals surface area contributed by atoms with E-state index >= 15 is 0 Å². The number of nitrogens with one attached hydrogen (secondary N) is 1. The first-order valence-electron chi connectivity index (χ1n) is 7.42. The van der Waals surface area contributed by atoms with Crippen molar-refractivity contribution < 1.29 is 5.21 Å². The Bertz CT molecular complexity index is 461. The van der Waals surface area contributed by atoms with Gasteiger partial charge in [0.15, 0.2) is 0 Å². The van der Waals surface area contributed by atoms with Gasteiger partial charge < -0.3 is 16.3 Å². The molecule has 1 rings (SSSR count). The van der Waals surface area contributed by atoms with Gasteiger partial charge >= 0.3 is 0 Å². The summed E-state index contributed by atoms with van der Waals surface area (Å²) in [6, 6.07) is 9.90. The number of nitrogens with two attached hydrogens (primary N) is 1. The first kappa shape index (κ1) is 17.5. The Hall–Kier alpha value is -1.55. The molecule has 0 aliphatic heterocycles. The number of benzene rings is 1. The van der Waals surface area contributed by atoms with Gasteiger partial charge in [-0.05, 0) is 31.2 Å². The second-order valence-corrected chi connectivity index (χ2v) is 7.49. The van der Waals surface area contributed by atoms with Gasteiger partial charge in [0.25, 0.3) is 0 Å². The van der Waals surface area contributed by atoms with E-state index in [1.807, 2.05) is 30.3 Å². The molecule has 1 aromatic carbocycles. The summed E-state index contributed by atoms with van der Waals surface area (Å²) in [6.07, 6.45) is 1.04. The van der Waals surface area contributed by atoms with Gasteiger partial charge in [0.1, 0.15) is 5.84 Å². The van der Waals surface area contributed by atoms with Gasteiger partial charge in [0, 0.05) is 12.1 Å². The van der Waals surface area contributed by atoms with E-state index in [-0.39, 0.29) is 22.7 Å². The highest BCUT2D eigenvalue weighted by molar-refractivity contribution is 5.87. The van der Waals surface area contributed by atoms with E-state index in [9.17, 15) is 0 Å². The topological polar surface area (TPSA) is 70.6 Å². The maximum atomic E-state index is 9.02. The molecule has 1 aromatic rings. The fourth-order valence-corrected chi connectivity index (χ4v) is 2.91. The van der Waals surface area contributed by atoms with Crippen LogP contribution in [-0.2, 0) is 0 Å². The van der Waals surface area contributed by atoms with Crippen molar-refractivity contribution in [2.75, 3.05) is 6.54 Å². The number of amidine groups is 1. The van der Waals surface area contributed by atoms with E-state index in [1.165, 1.54) is 0 Å². The fraction of sp³-hybridized carbons (Fsp3) is 0.588. The minimum atomic E-state index is -0.129. The molecule has 0 saturated carbocycles. The zero-order valence-electron chi connectivity index (χ0n) is 13.9. The molecule has 0 bridgehead atoms. The maximum absolute atomic E-state index is 9.02. The normalized spacial score (nSPS) is 15.0. The van der Waals surface area contributed by atoms with Crippen molar-refractivity contribution in [1.29, 1.82) is 0 Å².